The van der Waals surface area contributed by atoms with Crippen LogP contribution in [-0.2, 0) is 0 Å². The standard InChI is InChI=1S/C8H16ClN/c1-10-7-3-5-8(10)4-2-6-9/h8H,2-7H2,1H3. The molecule has 1 heterocycles. The summed E-state index contributed by atoms with van der Waals surface area (Å²) in [6.07, 6.45) is 5.23. The van der Waals surface area contributed by atoms with E-state index in [1.165, 1.54) is 32.2 Å². The van der Waals surface area contributed by atoms with Crippen molar-refractivity contribution in [3.05, 3.63) is 0 Å². The van der Waals surface area contributed by atoms with E-state index < -0.39 is 0 Å². The van der Waals surface area contributed by atoms with Crippen LogP contribution >= 0.6 is 11.6 Å². The largest absolute Gasteiger partial charge is 0.303 e. The van der Waals surface area contributed by atoms with Crippen molar-refractivity contribution in [1.82, 2.24) is 4.90 Å². The maximum Gasteiger partial charge on any atom is 0.0224 e. The Hall–Kier alpha value is 0.250. The van der Waals surface area contributed by atoms with E-state index >= 15 is 0 Å². The molecule has 60 valence electrons. The first kappa shape index (κ1) is 8.35. The van der Waals surface area contributed by atoms with E-state index in [0.29, 0.717) is 0 Å². The van der Waals surface area contributed by atoms with E-state index in [9.17, 15) is 0 Å². The Labute approximate surface area is 68.4 Å². The summed E-state index contributed by atoms with van der Waals surface area (Å²) in [7, 11) is 2.21. The fourth-order valence-electron chi connectivity index (χ4n) is 1.66. The van der Waals surface area contributed by atoms with E-state index in [0.717, 1.165) is 11.9 Å². The molecule has 1 fully saturated rings. The highest BCUT2D eigenvalue weighted by Crippen LogP contribution is 2.18. The van der Waals surface area contributed by atoms with E-state index in [4.69, 9.17) is 11.6 Å². The van der Waals surface area contributed by atoms with Gasteiger partial charge in [0.25, 0.3) is 0 Å². The van der Waals surface area contributed by atoms with Gasteiger partial charge in [0.05, 0.1) is 0 Å². The highest BCUT2D eigenvalue weighted by atomic mass is 35.5. The van der Waals surface area contributed by atoms with E-state index in [2.05, 4.69) is 11.9 Å². The van der Waals surface area contributed by atoms with Crippen molar-refractivity contribution in [2.24, 2.45) is 0 Å². The molecule has 0 aromatic carbocycles. The summed E-state index contributed by atoms with van der Waals surface area (Å²) in [6, 6.07) is 0.832. The minimum absolute atomic E-state index is 0.824. The van der Waals surface area contributed by atoms with Crippen LogP contribution in [0.5, 0.6) is 0 Å². The topological polar surface area (TPSA) is 3.24 Å². The molecule has 0 saturated carbocycles. The fourth-order valence-corrected chi connectivity index (χ4v) is 1.81. The molecule has 1 unspecified atom stereocenters. The molecule has 0 aromatic heterocycles. The molecule has 1 saturated heterocycles. The Bertz CT molecular complexity index is 95.3. The Kier molecular flexibility index (Phi) is 3.50. The van der Waals surface area contributed by atoms with Gasteiger partial charge in [0.1, 0.15) is 0 Å². The molecule has 2 heteroatoms. The summed E-state index contributed by atoms with van der Waals surface area (Å²) in [6.45, 7) is 1.28. The summed E-state index contributed by atoms with van der Waals surface area (Å²) < 4.78 is 0. The molecule has 1 aliphatic heterocycles. The van der Waals surface area contributed by atoms with Crippen LogP contribution in [-0.4, -0.2) is 30.4 Å². The summed E-state index contributed by atoms with van der Waals surface area (Å²) in [5, 5.41) is 0. The Morgan fingerprint density at radius 2 is 2.40 bits per heavy atom. The van der Waals surface area contributed by atoms with Crippen LogP contribution in [0.1, 0.15) is 25.7 Å². The fraction of sp³-hybridized carbons (Fsp3) is 1.00. The molecule has 10 heavy (non-hydrogen) atoms. The maximum atomic E-state index is 5.61. The van der Waals surface area contributed by atoms with Gasteiger partial charge in [0, 0.05) is 11.9 Å². The molecule has 0 aliphatic carbocycles. The average molecular weight is 162 g/mol. The predicted molar refractivity (Wildman–Crippen MR) is 45.6 cm³/mol. The van der Waals surface area contributed by atoms with Gasteiger partial charge < -0.3 is 4.90 Å². The number of nitrogens with zero attached hydrogens (tertiary/aromatic N) is 1. The van der Waals surface area contributed by atoms with Crippen molar-refractivity contribution in [1.29, 1.82) is 0 Å². The van der Waals surface area contributed by atoms with Gasteiger partial charge in [-0.05, 0) is 39.3 Å². The lowest BCUT2D eigenvalue weighted by atomic mass is 10.1. The molecule has 0 aromatic rings. The highest BCUT2D eigenvalue weighted by Gasteiger charge is 2.19. The zero-order valence-corrected chi connectivity index (χ0v) is 7.40. The minimum atomic E-state index is 0.824. The number of hydrogen-bond acceptors (Lipinski definition) is 1. The van der Waals surface area contributed by atoms with Gasteiger partial charge in [-0.1, -0.05) is 0 Å². The third kappa shape index (κ3) is 2.14. The van der Waals surface area contributed by atoms with Crippen LogP contribution in [0, 0.1) is 0 Å². The van der Waals surface area contributed by atoms with Gasteiger partial charge in [-0.2, -0.15) is 0 Å². The number of likely N-dealkylation sites (tertiary alicyclic amines) is 1. The molecular weight excluding hydrogens is 146 g/mol. The van der Waals surface area contributed by atoms with E-state index in [-0.39, 0.29) is 0 Å². The molecule has 0 spiro atoms. The summed E-state index contributed by atoms with van der Waals surface area (Å²) >= 11 is 5.61. The number of alkyl halides is 1. The maximum absolute atomic E-state index is 5.61. The monoisotopic (exact) mass is 161 g/mol. The predicted octanol–water partition coefficient (Wildman–Crippen LogP) is 2.10. The molecule has 1 rings (SSSR count). The van der Waals surface area contributed by atoms with Gasteiger partial charge in [0.15, 0.2) is 0 Å². The molecule has 1 atom stereocenters. The Morgan fingerprint density at radius 1 is 1.60 bits per heavy atom. The third-order valence-electron chi connectivity index (χ3n) is 2.34. The number of hydrogen-bond donors (Lipinski definition) is 0. The number of halogens is 1. The van der Waals surface area contributed by atoms with Crippen LogP contribution in [0.25, 0.3) is 0 Å². The summed E-state index contributed by atoms with van der Waals surface area (Å²) in [4.78, 5) is 2.45. The lowest BCUT2D eigenvalue weighted by molar-refractivity contribution is 0.295. The molecular formula is C8H16ClN. The molecule has 0 amide bonds. The molecule has 0 radical (unpaired) electrons. The van der Waals surface area contributed by atoms with Gasteiger partial charge in [-0.25, -0.2) is 0 Å². The zero-order chi connectivity index (χ0) is 7.40. The van der Waals surface area contributed by atoms with Gasteiger partial charge >= 0.3 is 0 Å². The van der Waals surface area contributed by atoms with Crippen LogP contribution in [0.3, 0.4) is 0 Å². The lowest BCUT2D eigenvalue weighted by Gasteiger charge is -2.18. The van der Waals surface area contributed by atoms with E-state index in [1.807, 2.05) is 0 Å². The summed E-state index contributed by atoms with van der Waals surface area (Å²) in [5.74, 6) is 0.824. The first-order valence-electron chi connectivity index (χ1n) is 4.11. The van der Waals surface area contributed by atoms with Crippen LogP contribution in [0.2, 0.25) is 0 Å². The zero-order valence-electron chi connectivity index (χ0n) is 6.65. The quantitative estimate of drug-likeness (QED) is 0.574. The first-order valence-corrected chi connectivity index (χ1v) is 4.64. The van der Waals surface area contributed by atoms with Gasteiger partial charge in [0.2, 0.25) is 0 Å². The average Bonchev–Trinajstić information content (AvgIpc) is 2.31. The third-order valence-corrected chi connectivity index (χ3v) is 2.61. The van der Waals surface area contributed by atoms with Crippen molar-refractivity contribution in [2.45, 2.75) is 31.7 Å². The summed E-state index contributed by atoms with van der Waals surface area (Å²) in [5.41, 5.74) is 0. The Morgan fingerprint density at radius 3 is 2.90 bits per heavy atom. The minimum Gasteiger partial charge on any atom is -0.303 e. The van der Waals surface area contributed by atoms with Crippen molar-refractivity contribution < 1.29 is 0 Å². The first-order chi connectivity index (χ1) is 4.84. The smallest absolute Gasteiger partial charge is 0.0224 e. The van der Waals surface area contributed by atoms with Crippen LogP contribution in [0.4, 0.5) is 0 Å². The van der Waals surface area contributed by atoms with Gasteiger partial charge in [-0.15, -0.1) is 11.6 Å². The molecule has 1 nitrogen and oxygen atoms in total. The second-order valence-corrected chi connectivity index (χ2v) is 3.49. The second kappa shape index (κ2) is 4.20. The Balaban J connectivity index is 2.14. The normalized spacial score (nSPS) is 27.6. The van der Waals surface area contributed by atoms with Crippen molar-refractivity contribution in [2.75, 3.05) is 19.5 Å². The lowest BCUT2D eigenvalue weighted by Crippen LogP contribution is -2.24. The second-order valence-electron chi connectivity index (χ2n) is 3.11. The molecule has 1 aliphatic rings. The SMILES string of the molecule is CN1CCCC1CCCCl. The van der Waals surface area contributed by atoms with Crippen molar-refractivity contribution in [3.8, 4) is 0 Å². The van der Waals surface area contributed by atoms with Crippen LogP contribution < -0.4 is 0 Å². The van der Waals surface area contributed by atoms with Crippen molar-refractivity contribution >= 4 is 11.6 Å². The van der Waals surface area contributed by atoms with E-state index in [1.54, 1.807) is 0 Å². The highest BCUT2D eigenvalue weighted by molar-refractivity contribution is 6.17. The van der Waals surface area contributed by atoms with Crippen LogP contribution in [0.15, 0.2) is 0 Å². The number of rotatable bonds is 3. The van der Waals surface area contributed by atoms with Crippen molar-refractivity contribution in [3.63, 3.8) is 0 Å². The molecule has 0 bridgehead atoms. The molecule has 0 N–H and O–H groups in total. The van der Waals surface area contributed by atoms with Gasteiger partial charge in [-0.3, -0.25) is 0 Å².